The van der Waals surface area contributed by atoms with E-state index in [-0.39, 0.29) is 5.78 Å². The van der Waals surface area contributed by atoms with Gasteiger partial charge in [0.05, 0.1) is 11.3 Å². The molecule has 0 radical (unpaired) electrons. The van der Waals surface area contributed by atoms with Crippen LogP contribution in [0.3, 0.4) is 0 Å². The average Bonchev–Trinajstić information content (AvgIpc) is 2.97. The number of rotatable bonds is 4. The van der Waals surface area contributed by atoms with Gasteiger partial charge in [0, 0.05) is 5.56 Å². The molecule has 0 bridgehead atoms. The maximum absolute atomic E-state index is 12.3. The molecule has 1 aromatic carbocycles. The first-order valence-electron chi connectivity index (χ1n) is 7.05. The lowest BCUT2D eigenvalue weighted by atomic mass is 9.93. The summed E-state index contributed by atoms with van der Waals surface area (Å²) in [4.78, 5) is 12.3. The predicted molar refractivity (Wildman–Crippen MR) is 81.0 cm³/mol. The topological polar surface area (TPSA) is 20.9 Å². The van der Waals surface area contributed by atoms with Crippen LogP contribution in [0.1, 0.15) is 41.2 Å². The molecule has 0 fully saturated rings. The smallest absolute Gasteiger partial charge is 0.227 e. The predicted octanol–water partition coefficient (Wildman–Crippen LogP) is 3.74. The number of Topliss-reactive ketones (excluding diaryl/α,β-unsaturated/α-hetero) is 1. The Labute approximate surface area is 123 Å². The van der Waals surface area contributed by atoms with Crippen LogP contribution in [0.15, 0.2) is 53.4 Å². The zero-order valence-electron chi connectivity index (χ0n) is 11.4. The van der Waals surface area contributed by atoms with Crippen molar-refractivity contribution in [3.8, 4) is 0 Å². The van der Waals surface area contributed by atoms with Crippen LogP contribution in [-0.2, 0) is 6.54 Å². The third kappa shape index (κ3) is 2.88. The van der Waals surface area contributed by atoms with Crippen molar-refractivity contribution in [3.05, 3.63) is 64.6 Å². The summed E-state index contributed by atoms with van der Waals surface area (Å²) in [5.41, 5.74) is 4.12. The monoisotopic (exact) mass is 284 g/mol. The Kier molecular flexibility index (Phi) is 4.07. The molecule has 3 heteroatoms. The van der Waals surface area contributed by atoms with E-state index in [1.165, 1.54) is 25.0 Å². The summed E-state index contributed by atoms with van der Waals surface area (Å²) in [5.74, 6) is 0.647. The van der Waals surface area contributed by atoms with E-state index >= 15 is 0 Å². The summed E-state index contributed by atoms with van der Waals surface area (Å²) < 4.78 is 2.11. The van der Waals surface area contributed by atoms with Crippen molar-refractivity contribution in [2.24, 2.45) is 0 Å². The number of hydrogen-bond donors (Lipinski definition) is 0. The Morgan fingerprint density at radius 1 is 1.30 bits per heavy atom. The van der Waals surface area contributed by atoms with Crippen LogP contribution in [0.5, 0.6) is 0 Å². The first-order chi connectivity index (χ1) is 9.84. The number of benzene rings is 1. The molecule has 0 aliphatic heterocycles. The van der Waals surface area contributed by atoms with Crippen LogP contribution < -0.4 is 4.57 Å². The van der Waals surface area contributed by atoms with Crippen molar-refractivity contribution in [2.75, 3.05) is 0 Å². The molecule has 2 nitrogen and oxygen atoms in total. The molecule has 0 amide bonds. The highest BCUT2D eigenvalue weighted by atomic mass is 32.1. The van der Waals surface area contributed by atoms with Gasteiger partial charge in [0.2, 0.25) is 17.8 Å². The molecule has 0 saturated heterocycles. The van der Waals surface area contributed by atoms with E-state index in [0.717, 1.165) is 5.56 Å². The van der Waals surface area contributed by atoms with Crippen molar-refractivity contribution < 1.29 is 9.36 Å². The van der Waals surface area contributed by atoms with Crippen molar-refractivity contribution >= 4 is 17.1 Å². The van der Waals surface area contributed by atoms with Crippen LogP contribution in [0.25, 0.3) is 0 Å². The molecule has 1 unspecified atom stereocenters. The Morgan fingerprint density at radius 3 is 2.90 bits per heavy atom. The standard InChI is InChI=1S/C17H18NOS/c19-17(15-9-5-2-6-10-15)11-18-13-20-12-16(18)14-7-3-1-4-8-14/h2-3,5-7,9-10,12-14H,1,4,8,11H2/q+1. The van der Waals surface area contributed by atoms with Gasteiger partial charge < -0.3 is 0 Å². The Morgan fingerprint density at radius 2 is 2.15 bits per heavy atom. The molecule has 0 spiro atoms. The van der Waals surface area contributed by atoms with Gasteiger partial charge in [0.15, 0.2) is 5.69 Å². The van der Waals surface area contributed by atoms with Crippen LogP contribution in [0.2, 0.25) is 0 Å². The number of ketones is 1. The second-order valence-corrected chi connectivity index (χ2v) is 5.89. The third-order valence-electron chi connectivity index (χ3n) is 3.75. The molecule has 0 saturated carbocycles. The lowest BCUT2D eigenvalue weighted by molar-refractivity contribution is -0.686. The van der Waals surface area contributed by atoms with E-state index in [2.05, 4.69) is 27.6 Å². The molecule has 20 heavy (non-hydrogen) atoms. The molecule has 3 rings (SSSR count). The molecule has 1 heterocycles. The summed E-state index contributed by atoms with van der Waals surface area (Å²) in [5, 5.41) is 2.18. The van der Waals surface area contributed by atoms with Gasteiger partial charge in [0.25, 0.3) is 0 Å². The van der Waals surface area contributed by atoms with Gasteiger partial charge in [-0.25, -0.2) is 0 Å². The lowest BCUT2D eigenvalue weighted by Gasteiger charge is -2.12. The zero-order valence-corrected chi connectivity index (χ0v) is 12.2. The molecule has 1 aliphatic rings. The maximum Gasteiger partial charge on any atom is 0.227 e. The molecule has 102 valence electrons. The van der Waals surface area contributed by atoms with Crippen molar-refractivity contribution in [1.82, 2.24) is 0 Å². The van der Waals surface area contributed by atoms with Gasteiger partial charge in [-0.3, -0.25) is 4.79 Å². The van der Waals surface area contributed by atoms with Crippen molar-refractivity contribution in [2.45, 2.75) is 31.7 Å². The fourth-order valence-electron chi connectivity index (χ4n) is 2.66. The van der Waals surface area contributed by atoms with Gasteiger partial charge in [-0.05, 0) is 19.3 Å². The van der Waals surface area contributed by atoms with Crippen LogP contribution >= 0.6 is 11.3 Å². The number of thiazole rings is 1. The molecule has 2 aromatic rings. The van der Waals surface area contributed by atoms with Crippen molar-refractivity contribution in [3.63, 3.8) is 0 Å². The first kappa shape index (κ1) is 13.3. The third-order valence-corrected chi connectivity index (χ3v) is 4.51. The number of allylic oxidation sites excluding steroid dienone is 2. The Hall–Kier alpha value is -1.74. The van der Waals surface area contributed by atoms with Crippen LogP contribution in [-0.4, -0.2) is 5.78 Å². The molecule has 0 N–H and O–H groups in total. The summed E-state index contributed by atoms with van der Waals surface area (Å²) in [7, 11) is 0. The quantitative estimate of drug-likeness (QED) is 0.476. The van der Waals surface area contributed by atoms with Crippen LogP contribution in [0, 0.1) is 0 Å². The summed E-state index contributed by atoms with van der Waals surface area (Å²) in [6.45, 7) is 0.438. The average molecular weight is 284 g/mol. The largest absolute Gasteiger partial charge is 0.287 e. The second-order valence-electron chi connectivity index (χ2n) is 5.17. The molecule has 1 aliphatic carbocycles. The summed E-state index contributed by atoms with van der Waals surface area (Å²) in [6, 6.07) is 9.53. The Bertz CT molecular complexity index is 615. The number of aromatic nitrogens is 1. The van der Waals surface area contributed by atoms with E-state index in [1.54, 1.807) is 11.3 Å². The van der Waals surface area contributed by atoms with Gasteiger partial charge in [0.1, 0.15) is 0 Å². The molecular weight excluding hydrogens is 266 g/mol. The van der Waals surface area contributed by atoms with Gasteiger partial charge in [-0.2, -0.15) is 4.57 Å². The van der Waals surface area contributed by atoms with E-state index < -0.39 is 0 Å². The van der Waals surface area contributed by atoms with E-state index in [0.29, 0.717) is 12.5 Å². The maximum atomic E-state index is 12.3. The SMILES string of the molecule is O=C(C[n+]1cscc1C1C=CCCC1)c1ccccc1. The zero-order chi connectivity index (χ0) is 13.8. The molecule has 1 atom stereocenters. The minimum Gasteiger partial charge on any atom is -0.287 e. The second kappa shape index (κ2) is 6.14. The minimum atomic E-state index is 0.176. The normalized spacial score (nSPS) is 18.1. The molecule has 1 aromatic heterocycles. The summed E-state index contributed by atoms with van der Waals surface area (Å²) in [6.07, 6.45) is 8.16. The fraction of sp³-hybridized carbons (Fsp3) is 0.294. The van der Waals surface area contributed by atoms with Crippen molar-refractivity contribution in [1.29, 1.82) is 0 Å². The fourth-order valence-corrected chi connectivity index (χ4v) is 3.51. The van der Waals surface area contributed by atoms with Gasteiger partial charge in [-0.15, -0.1) is 0 Å². The first-order valence-corrected chi connectivity index (χ1v) is 7.99. The highest BCUT2D eigenvalue weighted by Crippen LogP contribution is 2.26. The van der Waals surface area contributed by atoms with E-state index in [1.807, 2.05) is 30.3 Å². The highest BCUT2D eigenvalue weighted by Gasteiger charge is 2.24. The van der Waals surface area contributed by atoms with E-state index in [4.69, 9.17) is 0 Å². The summed E-state index contributed by atoms with van der Waals surface area (Å²) >= 11 is 1.67. The molecular formula is C17H18NOS+. The van der Waals surface area contributed by atoms with Crippen LogP contribution in [0.4, 0.5) is 0 Å². The number of hydrogen-bond acceptors (Lipinski definition) is 2. The number of nitrogens with zero attached hydrogens (tertiary/aromatic N) is 1. The number of carbonyl (C=O) groups excluding carboxylic acids is 1. The van der Waals surface area contributed by atoms with E-state index in [9.17, 15) is 4.79 Å². The number of carbonyl (C=O) groups is 1. The minimum absolute atomic E-state index is 0.176. The lowest BCUT2D eigenvalue weighted by Crippen LogP contribution is -2.40. The Balaban J connectivity index is 1.78. The van der Waals surface area contributed by atoms with Gasteiger partial charge >= 0.3 is 0 Å². The highest BCUT2D eigenvalue weighted by molar-refractivity contribution is 7.07. The van der Waals surface area contributed by atoms with Gasteiger partial charge in [-0.1, -0.05) is 53.8 Å².